The van der Waals surface area contributed by atoms with Gasteiger partial charge in [-0.15, -0.1) is 0 Å². The number of hydrogen-bond acceptors (Lipinski definition) is 6. The first-order valence-electron chi connectivity index (χ1n) is 7.64. The molecule has 0 fully saturated rings. The van der Waals surface area contributed by atoms with Gasteiger partial charge in [0.15, 0.2) is 0 Å². The van der Waals surface area contributed by atoms with Crippen molar-refractivity contribution in [2.75, 3.05) is 32.5 Å². The van der Waals surface area contributed by atoms with Gasteiger partial charge in [0.05, 0.1) is 37.8 Å². The van der Waals surface area contributed by atoms with Crippen LogP contribution in [-0.4, -0.2) is 44.1 Å². The molecule has 0 amide bonds. The van der Waals surface area contributed by atoms with E-state index in [1.165, 1.54) is 14.2 Å². The summed E-state index contributed by atoms with van der Waals surface area (Å²) in [6.07, 6.45) is 3.79. The number of esters is 2. The third kappa shape index (κ3) is 3.14. The number of anilines is 1. The van der Waals surface area contributed by atoms with Crippen LogP contribution in [0.15, 0.2) is 60.1 Å². The zero-order chi connectivity index (χ0) is 17.8. The van der Waals surface area contributed by atoms with Crippen LogP contribution in [0.5, 0.6) is 0 Å². The van der Waals surface area contributed by atoms with Crippen LogP contribution >= 0.6 is 0 Å². The van der Waals surface area contributed by atoms with Crippen molar-refractivity contribution in [1.29, 1.82) is 0 Å². The highest BCUT2D eigenvalue weighted by Gasteiger charge is 2.33. The first kappa shape index (κ1) is 16.8. The van der Waals surface area contributed by atoms with Gasteiger partial charge in [-0.25, -0.2) is 9.59 Å². The number of para-hydroxylation sites is 2. The number of carbonyl (C=O) groups excluding carboxylic acids is 2. The maximum Gasteiger partial charge on any atom is 0.355 e. The van der Waals surface area contributed by atoms with Crippen molar-refractivity contribution in [1.82, 2.24) is 4.57 Å². The summed E-state index contributed by atoms with van der Waals surface area (Å²) < 4.78 is 17.1. The lowest BCUT2D eigenvalue weighted by Crippen LogP contribution is -2.39. The quantitative estimate of drug-likeness (QED) is 0.790. The maximum absolute atomic E-state index is 12.4. The topological polar surface area (TPSA) is 70.0 Å². The van der Waals surface area contributed by atoms with Gasteiger partial charge < -0.3 is 23.7 Å². The Morgan fingerprint density at radius 1 is 0.960 bits per heavy atom. The molecule has 3 rings (SSSR count). The Hall–Kier alpha value is -3.06. The molecular weight excluding hydrogens is 324 g/mol. The number of benzene rings is 1. The number of rotatable bonds is 4. The monoisotopic (exact) mass is 342 g/mol. The third-order valence-electron chi connectivity index (χ3n) is 3.89. The van der Waals surface area contributed by atoms with Gasteiger partial charge in [-0.2, -0.15) is 0 Å². The van der Waals surface area contributed by atoms with Gasteiger partial charge in [-0.05, 0) is 24.3 Å². The van der Waals surface area contributed by atoms with E-state index in [4.69, 9.17) is 14.2 Å². The Labute approximate surface area is 145 Å². The molecule has 0 saturated heterocycles. The van der Waals surface area contributed by atoms with Crippen LogP contribution < -0.4 is 4.90 Å². The number of ether oxygens (including phenoxy) is 3. The average molecular weight is 342 g/mol. The molecule has 2 heterocycles. The van der Waals surface area contributed by atoms with E-state index in [-0.39, 0.29) is 24.6 Å². The molecule has 0 spiro atoms. The van der Waals surface area contributed by atoms with E-state index >= 15 is 0 Å². The molecule has 0 unspecified atom stereocenters. The normalized spacial score (nSPS) is 14.4. The molecule has 0 N–H and O–H groups in total. The second-order valence-electron chi connectivity index (χ2n) is 5.29. The number of nitrogens with zero attached hydrogens (tertiary/aromatic N) is 2. The fourth-order valence-corrected chi connectivity index (χ4v) is 2.74. The molecule has 1 aliphatic heterocycles. The summed E-state index contributed by atoms with van der Waals surface area (Å²) >= 11 is 0. The molecule has 1 aromatic heterocycles. The van der Waals surface area contributed by atoms with Gasteiger partial charge >= 0.3 is 11.9 Å². The van der Waals surface area contributed by atoms with Gasteiger partial charge in [0.1, 0.15) is 12.4 Å². The van der Waals surface area contributed by atoms with Crippen LogP contribution in [-0.2, 0) is 23.8 Å². The molecule has 2 aromatic rings. The Morgan fingerprint density at radius 2 is 1.60 bits per heavy atom. The van der Waals surface area contributed by atoms with E-state index in [0.29, 0.717) is 5.69 Å². The number of methoxy groups -OCH3 is 2. The van der Waals surface area contributed by atoms with Crippen LogP contribution in [0.25, 0.3) is 5.69 Å². The fraction of sp³-hybridized carbons (Fsp3) is 0.222. The molecule has 0 radical (unpaired) electrons. The second kappa shape index (κ2) is 7.23. The Morgan fingerprint density at radius 3 is 2.24 bits per heavy atom. The molecule has 0 saturated carbocycles. The summed E-state index contributed by atoms with van der Waals surface area (Å²) in [5, 5.41) is 0. The largest absolute Gasteiger partial charge is 0.466 e. The predicted molar refractivity (Wildman–Crippen MR) is 90.1 cm³/mol. The van der Waals surface area contributed by atoms with E-state index in [1.807, 2.05) is 53.4 Å². The van der Waals surface area contributed by atoms with Gasteiger partial charge in [0, 0.05) is 12.4 Å². The minimum Gasteiger partial charge on any atom is -0.466 e. The summed E-state index contributed by atoms with van der Waals surface area (Å²) in [6.45, 7) is 0.0997. The first-order chi connectivity index (χ1) is 12.2. The first-order valence-corrected chi connectivity index (χ1v) is 7.64. The molecule has 0 bridgehead atoms. The minimum absolute atomic E-state index is 0.0146. The van der Waals surface area contributed by atoms with Crippen molar-refractivity contribution in [3.05, 3.63) is 60.1 Å². The standard InChI is InChI=1S/C18H18N2O5/c1-23-17(21)13-11-25-12-20(16(13)18(22)24-2)15-8-4-3-7-14(15)19-9-5-6-10-19/h3-10H,11-12H2,1-2H3. The number of hydrogen-bond donors (Lipinski definition) is 0. The SMILES string of the molecule is COC(=O)C1=C(C(=O)OC)N(c2ccccc2-n2cccc2)COC1. The fourth-order valence-electron chi connectivity index (χ4n) is 2.74. The minimum atomic E-state index is -0.622. The molecule has 1 aliphatic rings. The Balaban J connectivity index is 2.16. The summed E-state index contributed by atoms with van der Waals surface area (Å²) in [7, 11) is 2.53. The zero-order valence-corrected chi connectivity index (χ0v) is 14.0. The molecule has 1 aromatic carbocycles. The highest BCUT2D eigenvalue weighted by atomic mass is 16.5. The van der Waals surface area contributed by atoms with Gasteiger partial charge in [-0.1, -0.05) is 12.1 Å². The van der Waals surface area contributed by atoms with Crippen molar-refractivity contribution in [3.63, 3.8) is 0 Å². The number of carbonyl (C=O) groups is 2. The van der Waals surface area contributed by atoms with Crippen molar-refractivity contribution in [3.8, 4) is 5.69 Å². The molecule has 7 heteroatoms. The van der Waals surface area contributed by atoms with Crippen molar-refractivity contribution < 1.29 is 23.8 Å². The van der Waals surface area contributed by atoms with E-state index < -0.39 is 11.9 Å². The lowest BCUT2D eigenvalue weighted by Gasteiger charge is -2.32. The highest BCUT2D eigenvalue weighted by molar-refractivity contribution is 6.03. The Kier molecular flexibility index (Phi) is 4.85. The van der Waals surface area contributed by atoms with E-state index in [0.717, 1.165) is 5.69 Å². The van der Waals surface area contributed by atoms with E-state index in [2.05, 4.69) is 0 Å². The lowest BCUT2D eigenvalue weighted by molar-refractivity contribution is -0.140. The zero-order valence-electron chi connectivity index (χ0n) is 14.0. The third-order valence-corrected chi connectivity index (χ3v) is 3.89. The van der Waals surface area contributed by atoms with Crippen LogP contribution in [0.1, 0.15) is 0 Å². The lowest BCUT2D eigenvalue weighted by atomic mass is 10.1. The molecule has 0 aliphatic carbocycles. The smallest absolute Gasteiger partial charge is 0.355 e. The van der Waals surface area contributed by atoms with Gasteiger partial charge in [0.2, 0.25) is 0 Å². The number of aromatic nitrogens is 1. The Bertz CT molecular complexity index is 811. The van der Waals surface area contributed by atoms with Crippen LogP contribution in [0.3, 0.4) is 0 Å². The molecule has 25 heavy (non-hydrogen) atoms. The molecular formula is C18H18N2O5. The average Bonchev–Trinajstić information content (AvgIpc) is 3.20. The summed E-state index contributed by atoms with van der Waals surface area (Å²) in [6, 6.07) is 11.3. The highest BCUT2D eigenvalue weighted by Crippen LogP contribution is 2.31. The van der Waals surface area contributed by atoms with Crippen LogP contribution in [0.2, 0.25) is 0 Å². The van der Waals surface area contributed by atoms with Crippen LogP contribution in [0, 0.1) is 0 Å². The van der Waals surface area contributed by atoms with Gasteiger partial charge in [0.25, 0.3) is 0 Å². The van der Waals surface area contributed by atoms with Crippen molar-refractivity contribution in [2.45, 2.75) is 0 Å². The molecule has 7 nitrogen and oxygen atoms in total. The van der Waals surface area contributed by atoms with Crippen molar-refractivity contribution >= 4 is 17.6 Å². The summed E-state index contributed by atoms with van der Waals surface area (Å²) in [4.78, 5) is 26.1. The van der Waals surface area contributed by atoms with Crippen LogP contribution in [0.4, 0.5) is 5.69 Å². The van der Waals surface area contributed by atoms with Crippen molar-refractivity contribution in [2.24, 2.45) is 0 Å². The van der Waals surface area contributed by atoms with E-state index in [9.17, 15) is 9.59 Å². The van der Waals surface area contributed by atoms with E-state index in [1.54, 1.807) is 4.90 Å². The molecule has 130 valence electrons. The maximum atomic E-state index is 12.4. The van der Waals surface area contributed by atoms with Gasteiger partial charge in [-0.3, -0.25) is 0 Å². The summed E-state index contributed by atoms with van der Waals surface area (Å²) in [5.41, 5.74) is 1.80. The molecule has 0 atom stereocenters. The summed E-state index contributed by atoms with van der Waals surface area (Å²) in [5.74, 6) is -1.24. The predicted octanol–water partition coefficient (Wildman–Crippen LogP) is 1.87. The second-order valence-corrected chi connectivity index (χ2v) is 5.29.